The van der Waals surface area contributed by atoms with Crippen LogP contribution in [-0.2, 0) is 14.2 Å². The summed E-state index contributed by atoms with van der Waals surface area (Å²) in [6.45, 7) is 13.4. The number of hydrogen-bond donors (Lipinski definition) is 0. The standard InChI is InChI=1S/C10H19O3/c1-6-11-8-10(5,12-7-2)13-9(3)4/h6,9H,1-2,7-8H2,3-5H3. The van der Waals surface area contributed by atoms with Crippen LogP contribution in [0, 0.1) is 6.92 Å². The molecule has 0 N–H and O–H groups in total. The van der Waals surface area contributed by atoms with Crippen molar-refractivity contribution in [1.29, 1.82) is 0 Å². The second-order valence-electron chi connectivity index (χ2n) is 3.13. The number of rotatable bonds is 7. The molecule has 13 heavy (non-hydrogen) atoms. The van der Waals surface area contributed by atoms with Crippen molar-refractivity contribution in [3.63, 3.8) is 0 Å². The maximum absolute atomic E-state index is 5.55. The molecule has 0 bridgehead atoms. The molecule has 0 rings (SSSR count). The molecule has 0 aromatic carbocycles. The van der Waals surface area contributed by atoms with E-state index in [1.54, 1.807) is 0 Å². The van der Waals surface area contributed by atoms with Crippen molar-refractivity contribution in [2.45, 2.75) is 32.7 Å². The highest BCUT2D eigenvalue weighted by molar-refractivity contribution is 4.66. The van der Waals surface area contributed by atoms with E-state index < -0.39 is 5.79 Å². The Balaban J connectivity index is 4.06. The van der Waals surface area contributed by atoms with Crippen molar-refractivity contribution in [3.8, 4) is 0 Å². The van der Waals surface area contributed by atoms with Crippen LogP contribution in [0.25, 0.3) is 0 Å². The highest BCUT2D eigenvalue weighted by atomic mass is 16.7. The first kappa shape index (κ1) is 12.5. The third kappa shape index (κ3) is 5.66. The highest BCUT2D eigenvalue weighted by Crippen LogP contribution is 2.15. The molecule has 77 valence electrons. The fraction of sp³-hybridized carbons (Fsp3) is 0.700. The first-order chi connectivity index (χ1) is 6.04. The van der Waals surface area contributed by atoms with E-state index in [1.165, 1.54) is 6.26 Å². The molecular weight excluding hydrogens is 168 g/mol. The van der Waals surface area contributed by atoms with Gasteiger partial charge in [0.05, 0.1) is 19.0 Å². The zero-order valence-electron chi connectivity index (χ0n) is 8.71. The molecule has 0 spiro atoms. The molecule has 0 aromatic rings. The molecule has 0 aliphatic carbocycles. The molecule has 0 amide bonds. The lowest BCUT2D eigenvalue weighted by molar-refractivity contribution is -0.254. The second kappa shape index (κ2) is 6.00. The van der Waals surface area contributed by atoms with Crippen LogP contribution < -0.4 is 0 Å². The molecule has 0 saturated heterocycles. The molecule has 0 heterocycles. The van der Waals surface area contributed by atoms with Crippen LogP contribution in [0.3, 0.4) is 0 Å². The fourth-order valence-electron chi connectivity index (χ4n) is 1.03. The van der Waals surface area contributed by atoms with Crippen LogP contribution in [0.5, 0.6) is 0 Å². The Bertz CT molecular complexity index is 145. The van der Waals surface area contributed by atoms with Crippen LogP contribution in [0.15, 0.2) is 12.8 Å². The average molecular weight is 187 g/mol. The minimum Gasteiger partial charge on any atom is -0.496 e. The fourth-order valence-corrected chi connectivity index (χ4v) is 1.03. The Hall–Kier alpha value is -0.540. The zero-order valence-corrected chi connectivity index (χ0v) is 8.71. The van der Waals surface area contributed by atoms with Crippen LogP contribution in [0.1, 0.15) is 20.8 Å². The van der Waals surface area contributed by atoms with Gasteiger partial charge in [0.2, 0.25) is 0 Å². The van der Waals surface area contributed by atoms with Crippen molar-refractivity contribution in [3.05, 3.63) is 19.8 Å². The van der Waals surface area contributed by atoms with E-state index in [4.69, 9.17) is 14.2 Å². The van der Waals surface area contributed by atoms with E-state index in [0.29, 0.717) is 13.2 Å². The van der Waals surface area contributed by atoms with Crippen molar-refractivity contribution >= 4 is 0 Å². The lowest BCUT2D eigenvalue weighted by Crippen LogP contribution is -2.39. The lowest BCUT2D eigenvalue weighted by atomic mass is 10.3. The first-order valence-corrected chi connectivity index (χ1v) is 4.37. The average Bonchev–Trinajstić information content (AvgIpc) is 2.00. The Labute approximate surface area is 80.7 Å². The van der Waals surface area contributed by atoms with Crippen molar-refractivity contribution < 1.29 is 14.2 Å². The molecule has 0 aliphatic rings. The molecule has 3 nitrogen and oxygen atoms in total. The van der Waals surface area contributed by atoms with Gasteiger partial charge in [-0.25, -0.2) is 0 Å². The minimum atomic E-state index is -0.732. The molecule has 1 atom stereocenters. The Morgan fingerprint density at radius 3 is 2.46 bits per heavy atom. The Kier molecular flexibility index (Phi) is 5.75. The maximum Gasteiger partial charge on any atom is 0.200 e. The maximum atomic E-state index is 5.55. The monoisotopic (exact) mass is 187 g/mol. The van der Waals surface area contributed by atoms with Gasteiger partial charge in [-0.3, -0.25) is 0 Å². The van der Waals surface area contributed by atoms with Crippen LogP contribution in [0.2, 0.25) is 0 Å². The van der Waals surface area contributed by atoms with Gasteiger partial charge >= 0.3 is 0 Å². The van der Waals surface area contributed by atoms with Crippen LogP contribution >= 0.6 is 0 Å². The molecule has 0 saturated carbocycles. The summed E-state index contributed by atoms with van der Waals surface area (Å²) < 4.78 is 15.9. The smallest absolute Gasteiger partial charge is 0.200 e. The quantitative estimate of drug-likeness (QED) is 0.451. The summed E-state index contributed by atoms with van der Waals surface area (Å²) in [5.74, 6) is -0.732. The van der Waals surface area contributed by atoms with E-state index in [2.05, 4.69) is 13.5 Å². The van der Waals surface area contributed by atoms with Crippen molar-refractivity contribution in [2.75, 3.05) is 13.2 Å². The van der Waals surface area contributed by atoms with Gasteiger partial charge < -0.3 is 14.2 Å². The predicted octanol–water partition coefficient (Wildman–Crippen LogP) is 2.14. The number of ether oxygens (including phenoxy) is 3. The zero-order chi connectivity index (χ0) is 10.3. The highest BCUT2D eigenvalue weighted by Gasteiger charge is 2.27. The molecule has 0 aliphatic heterocycles. The first-order valence-electron chi connectivity index (χ1n) is 4.37. The normalized spacial score (nSPS) is 15.5. The van der Waals surface area contributed by atoms with Gasteiger partial charge in [-0.1, -0.05) is 6.58 Å². The summed E-state index contributed by atoms with van der Waals surface area (Å²) in [5, 5.41) is 0. The largest absolute Gasteiger partial charge is 0.496 e. The van der Waals surface area contributed by atoms with Crippen molar-refractivity contribution in [2.24, 2.45) is 0 Å². The summed E-state index contributed by atoms with van der Waals surface area (Å²) in [6.07, 6.45) is 1.46. The second-order valence-corrected chi connectivity index (χ2v) is 3.13. The molecule has 0 aromatic heterocycles. The van der Waals surface area contributed by atoms with Gasteiger partial charge in [-0.05, 0) is 27.7 Å². The summed E-state index contributed by atoms with van der Waals surface area (Å²) in [4.78, 5) is 0. The summed E-state index contributed by atoms with van der Waals surface area (Å²) in [7, 11) is 0. The summed E-state index contributed by atoms with van der Waals surface area (Å²) in [6, 6.07) is 0. The minimum absolute atomic E-state index is 0.0879. The van der Waals surface area contributed by atoms with E-state index in [-0.39, 0.29) is 6.10 Å². The number of hydrogen-bond acceptors (Lipinski definition) is 3. The third-order valence-corrected chi connectivity index (χ3v) is 1.36. The topological polar surface area (TPSA) is 27.7 Å². The Morgan fingerprint density at radius 2 is 2.08 bits per heavy atom. The van der Waals surface area contributed by atoms with Gasteiger partial charge in [0.1, 0.15) is 6.61 Å². The van der Waals surface area contributed by atoms with Gasteiger partial charge in [0.15, 0.2) is 5.79 Å². The lowest BCUT2D eigenvalue weighted by Gasteiger charge is -2.30. The van der Waals surface area contributed by atoms with E-state index in [9.17, 15) is 0 Å². The van der Waals surface area contributed by atoms with Crippen LogP contribution in [-0.4, -0.2) is 25.1 Å². The van der Waals surface area contributed by atoms with E-state index in [1.807, 2.05) is 20.8 Å². The molecular formula is C10H19O3. The van der Waals surface area contributed by atoms with E-state index in [0.717, 1.165) is 0 Å². The summed E-state index contributed by atoms with van der Waals surface area (Å²) >= 11 is 0. The van der Waals surface area contributed by atoms with Gasteiger partial charge in [-0.15, -0.1) is 0 Å². The predicted molar refractivity (Wildman–Crippen MR) is 52.1 cm³/mol. The van der Waals surface area contributed by atoms with Gasteiger partial charge in [0, 0.05) is 0 Å². The molecule has 3 heteroatoms. The molecule has 0 fully saturated rings. The third-order valence-electron chi connectivity index (χ3n) is 1.36. The van der Waals surface area contributed by atoms with E-state index >= 15 is 0 Å². The van der Waals surface area contributed by atoms with Gasteiger partial charge in [0.25, 0.3) is 0 Å². The molecule has 1 radical (unpaired) electrons. The van der Waals surface area contributed by atoms with Crippen molar-refractivity contribution in [1.82, 2.24) is 0 Å². The van der Waals surface area contributed by atoms with Gasteiger partial charge in [-0.2, -0.15) is 0 Å². The SMILES string of the molecule is [CH2]COC(C)(COC=C)OC(C)C. The Morgan fingerprint density at radius 1 is 1.46 bits per heavy atom. The van der Waals surface area contributed by atoms with Crippen LogP contribution in [0.4, 0.5) is 0 Å². The molecule has 1 unspecified atom stereocenters. The summed E-state index contributed by atoms with van der Waals surface area (Å²) in [5.41, 5.74) is 0.